The molecule has 0 saturated heterocycles. The van der Waals surface area contributed by atoms with Crippen molar-refractivity contribution in [1.29, 1.82) is 0 Å². The van der Waals surface area contributed by atoms with E-state index in [4.69, 9.17) is 0 Å². The molecule has 0 heterocycles. The summed E-state index contributed by atoms with van der Waals surface area (Å²) in [6, 6.07) is 0. The highest BCUT2D eigenvalue weighted by Gasteiger charge is 2.20. The minimum atomic E-state index is -3.08. The number of hydrogen-bond donors (Lipinski definition) is 0. The summed E-state index contributed by atoms with van der Waals surface area (Å²) >= 11 is 0. The Bertz CT molecular complexity index is 219. The second kappa shape index (κ2) is 3.88. The number of nitrogens with zero attached hydrogens (tertiary/aromatic N) is 1. The first-order valence-corrected chi connectivity index (χ1v) is 4.99. The molecule has 0 aromatic carbocycles. The van der Waals surface area contributed by atoms with Crippen LogP contribution in [-0.2, 0) is 10.0 Å². The van der Waals surface area contributed by atoms with E-state index >= 15 is 0 Å². The molecule has 0 N–H and O–H groups in total. The van der Waals surface area contributed by atoms with Crippen molar-refractivity contribution in [3.8, 4) is 0 Å². The van der Waals surface area contributed by atoms with Crippen molar-refractivity contribution in [2.75, 3.05) is 13.6 Å². The van der Waals surface area contributed by atoms with Crippen LogP contribution in [-0.4, -0.2) is 31.6 Å². The highest BCUT2D eigenvalue weighted by atomic mass is 32.2. The van der Waals surface area contributed by atoms with Crippen molar-refractivity contribution < 1.29 is 8.42 Å². The summed E-state index contributed by atoms with van der Waals surface area (Å²) in [7, 11) is -1.52. The largest absolute Gasteiger partial charge is 0.216 e. The number of hydrogen-bond acceptors (Lipinski definition) is 2. The fourth-order valence-electron chi connectivity index (χ4n) is 0.646. The quantitative estimate of drug-likeness (QED) is 0.597. The molecule has 0 saturated carbocycles. The predicted octanol–water partition coefficient (Wildman–Crippen LogP) is 0.842. The summed E-state index contributed by atoms with van der Waals surface area (Å²) in [5.74, 6) is 0. The second-order valence-corrected chi connectivity index (χ2v) is 5.26. The van der Waals surface area contributed by atoms with Crippen molar-refractivity contribution >= 4 is 10.0 Å². The summed E-state index contributed by atoms with van der Waals surface area (Å²) in [6.45, 7) is 7.17. The fraction of sp³-hybridized carbons (Fsp3) is 0.714. The molecular formula is C7H15NO2S. The Labute approximate surface area is 68.8 Å². The Kier molecular flexibility index (Phi) is 3.75. The molecule has 0 radical (unpaired) electrons. The van der Waals surface area contributed by atoms with E-state index in [1.165, 1.54) is 4.31 Å². The van der Waals surface area contributed by atoms with Crippen LogP contribution >= 0.6 is 0 Å². The zero-order valence-electron chi connectivity index (χ0n) is 7.24. The van der Waals surface area contributed by atoms with Gasteiger partial charge in [0.2, 0.25) is 10.0 Å². The predicted molar refractivity (Wildman–Crippen MR) is 46.9 cm³/mol. The first-order valence-electron chi connectivity index (χ1n) is 3.49. The molecule has 0 aromatic rings. The lowest BCUT2D eigenvalue weighted by atomic mass is 10.6. The zero-order chi connectivity index (χ0) is 9.07. The van der Waals surface area contributed by atoms with E-state index < -0.39 is 10.0 Å². The molecule has 0 unspecified atom stereocenters. The molecule has 0 fully saturated rings. The molecule has 3 nitrogen and oxygen atoms in total. The van der Waals surface area contributed by atoms with Crippen LogP contribution in [0.1, 0.15) is 13.8 Å². The van der Waals surface area contributed by atoms with Gasteiger partial charge in [-0.25, -0.2) is 12.7 Å². The fourth-order valence-corrected chi connectivity index (χ4v) is 1.68. The summed E-state index contributed by atoms with van der Waals surface area (Å²) in [5, 5.41) is -0.354. The van der Waals surface area contributed by atoms with E-state index in [1.807, 2.05) is 0 Å². The molecular weight excluding hydrogens is 162 g/mol. The van der Waals surface area contributed by atoms with Crippen LogP contribution in [0.3, 0.4) is 0 Å². The van der Waals surface area contributed by atoms with Crippen molar-refractivity contribution in [3.05, 3.63) is 12.7 Å². The van der Waals surface area contributed by atoms with Gasteiger partial charge in [0.1, 0.15) is 0 Å². The number of likely N-dealkylation sites (N-methyl/N-ethyl adjacent to an activating group) is 1. The average molecular weight is 177 g/mol. The van der Waals surface area contributed by atoms with E-state index in [1.54, 1.807) is 27.0 Å². The van der Waals surface area contributed by atoms with Gasteiger partial charge in [-0.15, -0.1) is 6.58 Å². The SMILES string of the molecule is C=CCN(C)S(=O)(=O)C(C)C. The van der Waals surface area contributed by atoms with Gasteiger partial charge >= 0.3 is 0 Å². The molecule has 66 valence electrons. The topological polar surface area (TPSA) is 37.4 Å². The van der Waals surface area contributed by atoms with Crippen molar-refractivity contribution in [3.63, 3.8) is 0 Å². The lowest BCUT2D eigenvalue weighted by molar-refractivity contribution is 0.491. The van der Waals surface area contributed by atoms with Crippen LogP contribution in [0.5, 0.6) is 0 Å². The molecule has 0 rings (SSSR count). The minimum absolute atomic E-state index is 0.354. The van der Waals surface area contributed by atoms with E-state index in [0.29, 0.717) is 6.54 Å². The van der Waals surface area contributed by atoms with Gasteiger partial charge in [0.15, 0.2) is 0 Å². The maximum atomic E-state index is 11.3. The van der Waals surface area contributed by atoms with Crippen molar-refractivity contribution in [2.24, 2.45) is 0 Å². The first kappa shape index (κ1) is 10.7. The Morgan fingerprint density at radius 3 is 2.27 bits per heavy atom. The summed E-state index contributed by atoms with van der Waals surface area (Å²) < 4.78 is 23.9. The van der Waals surface area contributed by atoms with Crippen molar-refractivity contribution in [1.82, 2.24) is 4.31 Å². The van der Waals surface area contributed by atoms with E-state index in [2.05, 4.69) is 6.58 Å². The van der Waals surface area contributed by atoms with Crippen LogP contribution in [0, 0.1) is 0 Å². The van der Waals surface area contributed by atoms with Crippen LogP contribution in [0.4, 0.5) is 0 Å². The highest BCUT2D eigenvalue weighted by molar-refractivity contribution is 7.89. The van der Waals surface area contributed by atoms with Gasteiger partial charge in [0, 0.05) is 13.6 Å². The van der Waals surface area contributed by atoms with Crippen LogP contribution < -0.4 is 0 Å². The average Bonchev–Trinajstić information content (AvgIpc) is 1.88. The molecule has 0 aliphatic carbocycles. The van der Waals surface area contributed by atoms with Crippen LogP contribution in [0.15, 0.2) is 12.7 Å². The monoisotopic (exact) mass is 177 g/mol. The first-order chi connectivity index (χ1) is 4.92. The van der Waals surface area contributed by atoms with Crippen LogP contribution in [0.25, 0.3) is 0 Å². The maximum absolute atomic E-state index is 11.3. The zero-order valence-corrected chi connectivity index (χ0v) is 8.06. The molecule has 0 atom stereocenters. The van der Waals surface area contributed by atoms with Gasteiger partial charge in [-0.1, -0.05) is 6.08 Å². The van der Waals surface area contributed by atoms with Gasteiger partial charge in [-0.3, -0.25) is 0 Å². The summed E-state index contributed by atoms with van der Waals surface area (Å²) in [4.78, 5) is 0. The van der Waals surface area contributed by atoms with Crippen LogP contribution in [0.2, 0.25) is 0 Å². The third-order valence-corrected chi connectivity index (χ3v) is 3.63. The number of sulfonamides is 1. The molecule has 0 aromatic heterocycles. The maximum Gasteiger partial charge on any atom is 0.216 e. The molecule has 0 amide bonds. The number of rotatable bonds is 4. The molecule has 4 heteroatoms. The van der Waals surface area contributed by atoms with Gasteiger partial charge in [-0.05, 0) is 13.8 Å². The summed E-state index contributed by atoms with van der Waals surface area (Å²) in [6.07, 6.45) is 1.57. The normalized spacial score (nSPS) is 12.5. The van der Waals surface area contributed by atoms with Crippen molar-refractivity contribution in [2.45, 2.75) is 19.1 Å². The Hall–Kier alpha value is -0.350. The minimum Gasteiger partial charge on any atom is -0.212 e. The molecule has 0 aliphatic heterocycles. The van der Waals surface area contributed by atoms with Gasteiger partial charge < -0.3 is 0 Å². The third kappa shape index (κ3) is 2.63. The molecule has 0 bridgehead atoms. The Morgan fingerprint density at radius 2 is 2.00 bits per heavy atom. The molecule has 0 spiro atoms. The smallest absolute Gasteiger partial charge is 0.212 e. The second-order valence-electron chi connectivity index (χ2n) is 2.66. The lowest BCUT2D eigenvalue weighted by Crippen LogP contribution is -2.33. The molecule has 11 heavy (non-hydrogen) atoms. The summed E-state index contributed by atoms with van der Waals surface area (Å²) in [5.41, 5.74) is 0. The van der Waals surface area contributed by atoms with Gasteiger partial charge in [-0.2, -0.15) is 0 Å². The third-order valence-electron chi connectivity index (χ3n) is 1.42. The van der Waals surface area contributed by atoms with E-state index in [0.717, 1.165) is 0 Å². The van der Waals surface area contributed by atoms with Gasteiger partial charge in [0.25, 0.3) is 0 Å². The van der Waals surface area contributed by atoms with E-state index in [9.17, 15) is 8.42 Å². The highest BCUT2D eigenvalue weighted by Crippen LogP contribution is 2.04. The standard InChI is InChI=1S/C7H15NO2S/c1-5-6-8(4)11(9,10)7(2)3/h5,7H,1,6H2,2-4H3. The molecule has 0 aliphatic rings. The Balaban J connectivity index is 4.43. The lowest BCUT2D eigenvalue weighted by Gasteiger charge is -2.17. The van der Waals surface area contributed by atoms with Gasteiger partial charge in [0.05, 0.1) is 5.25 Å². The van der Waals surface area contributed by atoms with E-state index in [-0.39, 0.29) is 5.25 Å². The Morgan fingerprint density at radius 1 is 1.55 bits per heavy atom.